The van der Waals surface area contributed by atoms with Gasteiger partial charge in [-0.15, -0.1) is 0 Å². The molecular formula is C22H23NO5. The topological polar surface area (TPSA) is 65.1 Å². The maximum atomic E-state index is 12.4. The zero-order valence-corrected chi connectivity index (χ0v) is 16.0. The highest BCUT2D eigenvalue weighted by Gasteiger charge is 2.17. The zero-order valence-electron chi connectivity index (χ0n) is 16.0. The predicted octanol–water partition coefficient (Wildman–Crippen LogP) is 3.33. The second-order valence-corrected chi connectivity index (χ2v) is 6.39. The largest absolute Gasteiger partial charge is 0.454 e. The molecule has 1 aliphatic rings. The minimum absolute atomic E-state index is 0.210. The molecule has 6 nitrogen and oxygen atoms in total. The third kappa shape index (κ3) is 4.91. The van der Waals surface area contributed by atoms with Crippen molar-refractivity contribution < 1.29 is 23.8 Å². The summed E-state index contributed by atoms with van der Waals surface area (Å²) in [6, 6.07) is 13.3. The van der Waals surface area contributed by atoms with Crippen LogP contribution in [0.15, 0.2) is 48.5 Å². The fourth-order valence-electron chi connectivity index (χ4n) is 2.84. The number of benzene rings is 2. The molecule has 6 heteroatoms. The molecule has 0 saturated carbocycles. The van der Waals surface area contributed by atoms with Crippen molar-refractivity contribution in [2.75, 3.05) is 19.9 Å². The summed E-state index contributed by atoms with van der Waals surface area (Å²) in [5.74, 6) is 0.579. The van der Waals surface area contributed by atoms with E-state index in [-0.39, 0.29) is 19.3 Å². The van der Waals surface area contributed by atoms with Crippen molar-refractivity contribution in [1.82, 2.24) is 4.90 Å². The summed E-state index contributed by atoms with van der Waals surface area (Å²) in [6.07, 6.45) is 3.02. The Morgan fingerprint density at radius 2 is 1.93 bits per heavy atom. The van der Waals surface area contributed by atoms with Crippen LogP contribution in [0.25, 0.3) is 6.08 Å². The monoisotopic (exact) mass is 381 g/mol. The Kier molecular flexibility index (Phi) is 6.32. The molecule has 2 aromatic rings. The molecule has 1 aliphatic heterocycles. The van der Waals surface area contributed by atoms with Gasteiger partial charge in [0.05, 0.1) is 0 Å². The Bertz CT molecular complexity index is 890. The lowest BCUT2D eigenvalue weighted by molar-refractivity contribution is -0.148. The highest BCUT2D eigenvalue weighted by Crippen LogP contribution is 2.32. The van der Waals surface area contributed by atoms with Crippen molar-refractivity contribution >= 4 is 18.0 Å². The van der Waals surface area contributed by atoms with E-state index in [0.717, 1.165) is 16.7 Å². The summed E-state index contributed by atoms with van der Waals surface area (Å²) in [4.78, 5) is 26.0. The van der Waals surface area contributed by atoms with Crippen LogP contribution in [0.2, 0.25) is 0 Å². The zero-order chi connectivity index (χ0) is 19.9. The average Bonchev–Trinajstić information content (AvgIpc) is 3.17. The van der Waals surface area contributed by atoms with E-state index in [1.165, 1.54) is 6.08 Å². The van der Waals surface area contributed by atoms with Crippen LogP contribution in [0, 0.1) is 6.92 Å². The molecule has 0 atom stereocenters. The third-order valence-corrected chi connectivity index (χ3v) is 4.47. The first-order chi connectivity index (χ1) is 13.6. The SMILES string of the molecule is CCN(Cc1ccc2c(c1)OCO2)C(=O)COC(=O)/C=C/c1ccccc1C. The first-order valence-electron chi connectivity index (χ1n) is 9.13. The third-order valence-electron chi connectivity index (χ3n) is 4.47. The minimum Gasteiger partial charge on any atom is -0.454 e. The number of hydrogen-bond donors (Lipinski definition) is 0. The van der Waals surface area contributed by atoms with Gasteiger partial charge in [-0.2, -0.15) is 0 Å². The van der Waals surface area contributed by atoms with Crippen molar-refractivity contribution in [3.8, 4) is 11.5 Å². The molecule has 0 saturated heterocycles. The molecule has 0 bridgehead atoms. The molecule has 3 rings (SSSR count). The first kappa shape index (κ1) is 19.5. The minimum atomic E-state index is -0.546. The van der Waals surface area contributed by atoms with Crippen molar-refractivity contribution in [2.24, 2.45) is 0 Å². The van der Waals surface area contributed by atoms with E-state index in [2.05, 4.69) is 0 Å². The van der Waals surface area contributed by atoms with E-state index in [4.69, 9.17) is 14.2 Å². The van der Waals surface area contributed by atoms with E-state index < -0.39 is 5.97 Å². The number of hydrogen-bond acceptors (Lipinski definition) is 5. The number of ether oxygens (including phenoxy) is 3. The molecule has 1 heterocycles. The highest BCUT2D eigenvalue weighted by molar-refractivity contribution is 5.89. The van der Waals surface area contributed by atoms with Crippen LogP contribution in [0.1, 0.15) is 23.6 Å². The van der Waals surface area contributed by atoms with Crippen molar-refractivity contribution in [3.63, 3.8) is 0 Å². The molecule has 0 aliphatic carbocycles. The fourth-order valence-corrected chi connectivity index (χ4v) is 2.84. The van der Waals surface area contributed by atoms with E-state index >= 15 is 0 Å². The second kappa shape index (κ2) is 9.08. The molecule has 0 fully saturated rings. The smallest absolute Gasteiger partial charge is 0.331 e. The van der Waals surface area contributed by atoms with Gasteiger partial charge in [0.1, 0.15) is 0 Å². The molecule has 2 aromatic carbocycles. The summed E-state index contributed by atoms with van der Waals surface area (Å²) in [7, 11) is 0. The number of esters is 1. The molecule has 0 N–H and O–H groups in total. The second-order valence-electron chi connectivity index (χ2n) is 6.39. The molecule has 1 amide bonds. The summed E-state index contributed by atoms with van der Waals surface area (Å²) < 4.78 is 15.8. The predicted molar refractivity (Wildman–Crippen MR) is 105 cm³/mol. The molecule has 146 valence electrons. The lowest BCUT2D eigenvalue weighted by Gasteiger charge is -2.20. The number of amides is 1. The number of nitrogens with zero attached hydrogens (tertiary/aromatic N) is 1. The molecule has 0 spiro atoms. The summed E-state index contributed by atoms with van der Waals surface area (Å²) in [6.45, 7) is 4.66. The van der Waals surface area contributed by atoms with Gasteiger partial charge in [-0.05, 0) is 48.7 Å². The first-order valence-corrected chi connectivity index (χ1v) is 9.13. The van der Waals surface area contributed by atoms with Crippen LogP contribution in [0.3, 0.4) is 0 Å². The van der Waals surface area contributed by atoms with Crippen molar-refractivity contribution in [3.05, 3.63) is 65.2 Å². The van der Waals surface area contributed by atoms with Crippen molar-refractivity contribution in [2.45, 2.75) is 20.4 Å². The maximum Gasteiger partial charge on any atom is 0.331 e. The summed E-state index contributed by atoms with van der Waals surface area (Å²) >= 11 is 0. The molecular weight excluding hydrogens is 358 g/mol. The van der Waals surface area contributed by atoms with Crippen LogP contribution in [0.5, 0.6) is 11.5 Å². The quantitative estimate of drug-likeness (QED) is 0.544. The number of likely N-dealkylation sites (N-methyl/N-ethyl adjacent to an activating group) is 1. The number of fused-ring (bicyclic) bond motifs is 1. The van der Waals surface area contributed by atoms with Gasteiger partial charge in [-0.3, -0.25) is 4.79 Å². The van der Waals surface area contributed by atoms with Gasteiger partial charge in [0.2, 0.25) is 6.79 Å². The van der Waals surface area contributed by atoms with E-state index in [0.29, 0.717) is 24.6 Å². The molecule has 28 heavy (non-hydrogen) atoms. The van der Waals surface area contributed by atoms with Crippen LogP contribution < -0.4 is 9.47 Å². The van der Waals surface area contributed by atoms with Gasteiger partial charge in [0, 0.05) is 19.2 Å². The number of aryl methyl sites for hydroxylation is 1. The van der Waals surface area contributed by atoms with Crippen LogP contribution in [-0.4, -0.2) is 36.7 Å². The van der Waals surface area contributed by atoms with E-state index in [9.17, 15) is 9.59 Å². The van der Waals surface area contributed by atoms with Gasteiger partial charge in [-0.25, -0.2) is 4.79 Å². The normalized spacial score (nSPS) is 12.2. The van der Waals surface area contributed by atoms with Gasteiger partial charge >= 0.3 is 5.97 Å². The Balaban J connectivity index is 1.52. The fraction of sp³-hybridized carbons (Fsp3) is 0.273. The standard InChI is InChI=1S/C22H23NO5/c1-3-23(13-17-8-10-19-20(12-17)28-15-27-19)21(24)14-26-22(25)11-9-18-7-5-4-6-16(18)2/h4-12H,3,13-15H2,1-2H3/b11-9+. The Morgan fingerprint density at radius 3 is 2.71 bits per heavy atom. The van der Waals surface area contributed by atoms with Crippen LogP contribution in [0.4, 0.5) is 0 Å². The highest BCUT2D eigenvalue weighted by atomic mass is 16.7. The number of carbonyl (C=O) groups excluding carboxylic acids is 2. The number of carbonyl (C=O) groups is 2. The lowest BCUT2D eigenvalue weighted by atomic mass is 10.1. The Hall–Kier alpha value is -3.28. The van der Waals surface area contributed by atoms with E-state index in [1.54, 1.807) is 11.0 Å². The Labute approximate surface area is 164 Å². The Morgan fingerprint density at radius 1 is 1.14 bits per heavy atom. The van der Waals surface area contributed by atoms with Crippen LogP contribution in [-0.2, 0) is 20.9 Å². The van der Waals surface area contributed by atoms with Gasteiger partial charge in [0.25, 0.3) is 5.91 Å². The maximum absolute atomic E-state index is 12.4. The van der Waals surface area contributed by atoms with Crippen molar-refractivity contribution in [1.29, 1.82) is 0 Å². The van der Waals surface area contributed by atoms with Gasteiger partial charge < -0.3 is 19.1 Å². The number of rotatable bonds is 7. The van der Waals surface area contributed by atoms with E-state index in [1.807, 2.05) is 56.3 Å². The lowest BCUT2D eigenvalue weighted by Crippen LogP contribution is -2.33. The van der Waals surface area contributed by atoms with Gasteiger partial charge in [-0.1, -0.05) is 30.3 Å². The van der Waals surface area contributed by atoms with Gasteiger partial charge in [0.15, 0.2) is 18.1 Å². The summed E-state index contributed by atoms with van der Waals surface area (Å²) in [5.41, 5.74) is 2.91. The summed E-state index contributed by atoms with van der Waals surface area (Å²) in [5, 5.41) is 0. The molecule has 0 unspecified atom stereocenters. The molecule has 0 aromatic heterocycles. The molecule has 0 radical (unpaired) electrons. The van der Waals surface area contributed by atoms with Crippen LogP contribution >= 0.6 is 0 Å². The average molecular weight is 381 g/mol.